The van der Waals surface area contributed by atoms with Crippen LogP contribution < -0.4 is 4.90 Å². The lowest BCUT2D eigenvalue weighted by atomic mass is 9.73. The van der Waals surface area contributed by atoms with Gasteiger partial charge in [0.2, 0.25) is 0 Å². The summed E-state index contributed by atoms with van der Waals surface area (Å²) in [4.78, 5) is 2.44. The van der Waals surface area contributed by atoms with E-state index >= 15 is 0 Å². The highest BCUT2D eigenvalue weighted by Crippen LogP contribution is 2.52. The quantitative estimate of drug-likeness (QED) is 0.175. The Hall–Kier alpha value is -7.36. The summed E-state index contributed by atoms with van der Waals surface area (Å²) < 4.78 is 4.87. The number of para-hydroxylation sites is 4. The number of benzene rings is 9. The lowest BCUT2D eigenvalue weighted by Gasteiger charge is -2.42. The standard InChI is InChI=1S/C55H39N3/c1-55(2)46-22-7-11-26-53(46)57(54-27-12-8-23-47(54)55)40-18-14-17-39(35-40)56-49-24-9-5-20-42(49)44-33-37(29-31-51(44)56)38-30-32-52-45(34-38)43-21-6-10-25-50(43)58(52)48-28-13-16-36-15-3-4-19-41(36)48/h3-35H,1-2H3. The summed E-state index contributed by atoms with van der Waals surface area (Å²) in [5.74, 6) is 0. The van der Waals surface area contributed by atoms with E-state index in [4.69, 9.17) is 0 Å². The predicted molar refractivity (Wildman–Crippen MR) is 245 cm³/mol. The SMILES string of the molecule is CC1(C)c2ccccc2N(c2cccc(-n3c4ccccc4c4cc(-c5ccc6c(c5)c5ccccc5n6-c5cccc6ccccc56)ccc43)c2)c2ccccc21. The second kappa shape index (κ2) is 12.3. The van der Waals surface area contributed by atoms with Crippen molar-refractivity contribution in [1.82, 2.24) is 9.13 Å². The Morgan fingerprint density at radius 1 is 0.328 bits per heavy atom. The molecule has 9 aromatic carbocycles. The zero-order valence-corrected chi connectivity index (χ0v) is 32.4. The highest BCUT2D eigenvalue weighted by Gasteiger charge is 2.36. The molecule has 11 aromatic rings. The van der Waals surface area contributed by atoms with Gasteiger partial charge in [-0.3, -0.25) is 0 Å². The fourth-order valence-corrected chi connectivity index (χ4v) is 9.96. The molecule has 1 aliphatic rings. The van der Waals surface area contributed by atoms with Gasteiger partial charge in [0, 0.05) is 43.7 Å². The summed E-state index contributed by atoms with van der Waals surface area (Å²) in [6, 6.07) is 73.7. The first kappa shape index (κ1) is 32.8. The summed E-state index contributed by atoms with van der Waals surface area (Å²) in [6.45, 7) is 4.68. The van der Waals surface area contributed by atoms with Crippen LogP contribution in [-0.4, -0.2) is 9.13 Å². The van der Waals surface area contributed by atoms with Gasteiger partial charge in [-0.15, -0.1) is 0 Å². The topological polar surface area (TPSA) is 13.1 Å². The van der Waals surface area contributed by atoms with Crippen molar-refractivity contribution in [2.24, 2.45) is 0 Å². The minimum atomic E-state index is -0.107. The van der Waals surface area contributed by atoms with Crippen LogP contribution in [0.1, 0.15) is 25.0 Å². The number of nitrogens with zero attached hydrogens (tertiary/aromatic N) is 3. The van der Waals surface area contributed by atoms with Crippen molar-refractivity contribution in [3.05, 3.63) is 211 Å². The van der Waals surface area contributed by atoms with E-state index in [2.05, 4.69) is 228 Å². The molecule has 0 N–H and O–H groups in total. The Balaban J connectivity index is 1.01. The lowest BCUT2D eigenvalue weighted by Crippen LogP contribution is -2.30. The van der Waals surface area contributed by atoms with Crippen molar-refractivity contribution in [3.63, 3.8) is 0 Å². The van der Waals surface area contributed by atoms with E-state index in [0.29, 0.717) is 0 Å². The first-order chi connectivity index (χ1) is 28.5. The number of anilines is 3. The molecule has 3 nitrogen and oxygen atoms in total. The van der Waals surface area contributed by atoms with Crippen molar-refractivity contribution >= 4 is 71.4 Å². The molecule has 0 saturated heterocycles. The van der Waals surface area contributed by atoms with Gasteiger partial charge in [-0.1, -0.05) is 141 Å². The number of fused-ring (bicyclic) bond motifs is 9. The molecule has 0 unspecified atom stereocenters. The van der Waals surface area contributed by atoms with Crippen molar-refractivity contribution in [1.29, 1.82) is 0 Å². The summed E-state index contributed by atoms with van der Waals surface area (Å²) in [5, 5.41) is 7.49. The Bertz CT molecular complexity index is 3400. The number of hydrogen-bond donors (Lipinski definition) is 0. The molecule has 1 aliphatic heterocycles. The van der Waals surface area contributed by atoms with E-state index in [1.807, 2.05) is 0 Å². The van der Waals surface area contributed by atoms with Gasteiger partial charge in [0.05, 0.1) is 39.1 Å². The molecule has 12 rings (SSSR count). The van der Waals surface area contributed by atoms with Crippen molar-refractivity contribution in [2.45, 2.75) is 19.3 Å². The Labute approximate surface area is 337 Å². The monoisotopic (exact) mass is 741 g/mol. The summed E-state index contributed by atoms with van der Waals surface area (Å²) >= 11 is 0. The molecule has 0 amide bonds. The maximum Gasteiger partial charge on any atom is 0.0541 e. The molecule has 2 aromatic heterocycles. The van der Waals surface area contributed by atoms with Crippen molar-refractivity contribution in [2.75, 3.05) is 4.90 Å². The molecule has 0 atom stereocenters. The van der Waals surface area contributed by atoms with E-state index in [-0.39, 0.29) is 5.41 Å². The third kappa shape index (κ3) is 4.68. The van der Waals surface area contributed by atoms with Gasteiger partial charge in [-0.2, -0.15) is 0 Å². The Morgan fingerprint density at radius 2 is 0.793 bits per heavy atom. The van der Waals surface area contributed by atoms with Crippen LogP contribution in [0, 0.1) is 0 Å². The molecular formula is C55H39N3. The second-order valence-electron chi connectivity index (χ2n) is 16.2. The number of hydrogen-bond acceptors (Lipinski definition) is 1. The van der Waals surface area contributed by atoms with Gasteiger partial charge in [0.15, 0.2) is 0 Å². The number of aromatic nitrogens is 2. The van der Waals surface area contributed by atoms with Gasteiger partial charge < -0.3 is 14.0 Å². The first-order valence-electron chi connectivity index (χ1n) is 20.2. The molecule has 0 radical (unpaired) electrons. The average Bonchev–Trinajstić information content (AvgIpc) is 3.79. The van der Waals surface area contributed by atoms with Crippen LogP contribution >= 0.6 is 0 Å². The van der Waals surface area contributed by atoms with Crippen molar-refractivity contribution < 1.29 is 0 Å². The average molecular weight is 742 g/mol. The third-order valence-corrected chi connectivity index (χ3v) is 12.7. The normalized spacial score (nSPS) is 13.4. The maximum absolute atomic E-state index is 2.44. The smallest absolute Gasteiger partial charge is 0.0541 e. The minimum Gasteiger partial charge on any atom is -0.310 e. The van der Waals surface area contributed by atoms with Crippen LogP contribution in [0.15, 0.2) is 200 Å². The van der Waals surface area contributed by atoms with Crippen LogP contribution in [0.5, 0.6) is 0 Å². The molecule has 0 fully saturated rings. The summed E-state index contributed by atoms with van der Waals surface area (Å²) in [6.07, 6.45) is 0. The van der Waals surface area contributed by atoms with Crippen molar-refractivity contribution in [3.8, 4) is 22.5 Å². The highest BCUT2D eigenvalue weighted by atomic mass is 15.2. The van der Waals surface area contributed by atoms with Gasteiger partial charge in [-0.05, 0) is 100 Å². The minimum absolute atomic E-state index is 0.107. The third-order valence-electron chi connectivity index (χ3n) is 12.7. The van der Waals surface area contributed by atoms with E-state index in [1.165, 1.54) is 93.7 Å². The molecule has 0 spiro atoms. The first-order valence-corrected chi connectivity index (χ1v) is 20.2. The Morgan fingerprint density at radius 3 is 1.47 bits per heavy atom. The summed E-state index contributed by atoms with van der Waals surface area (Å²) in [5.41, 5.74) is 15.7. The molecule has 0 saturated carbocycles. The maximum atomic E-state index is 2.44. The highest BCUT2D eigenvalue weighted by molar-refractivity contribution is 6.13. The predicted octanol–water partition coefficient (Wildman–Crippen LogP) is 14.8. The summed E-state index contributed by atoms with van der Waals surface area (Å²) in [7, 11) is 0. The molecule has 274 valence electrons. The van der Waals surface area contributed by atoms with E-state index in [1.54, 1.807) is 0 Å². The van der Waals surface area contributed by atoms with Gasteiger partial charge >= 0.3 is 0 Å². The Kier molecular flexibility index (Phi) is 6.98. The van der Waals surface area contributed by atoms with Crippen LogP contribution in [0.2, 0.25) is 0 Å². The molecular weight excluding hydrogens is 703 g/mol. The van der Waals surface area contributed by atoms with E-state index in [9.17, 15) is 0 Å². The molecule has 0 bridgehead atoms. The molecule has 3 heterocycles. The van der Waals surface area contributed by atoms with E-state index < -0.39 is 0 Å². The van der Waals surface area contributed by atoms with Gasteiger partial charge in [0.1, 0.15) is 0 Å². The van der Waals surface area contributed by atoms with Crippen LogP contribution in [0.25, 0.3) is 76.9 Å². The fraction of sp³-hybridized carbons (Fsp3) is 0.0545. The van der Waals surface area contributed by atoms with Gasteiger partial charge in [0.25, 0.3) is 0 Å². The van der Waals surface area contributed by atoms with E-state index in [0.717, 1.165) is 11.4 Å². The zero-order valence-electron chi connectivity index (χ0n) is 32.4. The zero-order chi connectivity index (χ0) is 38.5. The molecule has 0 aliphatic carbocycles. The van der Waals surface area contributed by atoms with Crippen LogP contribution in [0.3, 0.4) is 0 Å². The van der Waals surface area contributed by atoms with Gasteiger partial charge in [-0.25, -0.2) is 0 Å². The molecule has 58 heavy (non-hydrogen) atoms. The lowest BCUT2D eigenvalue weighted by molar-refractivity contribution is 0.632. The largest absolute Gasteiger partial charge is 0.310 e. The second-order valence-corrected chi connectivity index (χ2v) is 16.2. The fourth-order valence-electron chi connectivity index (χ4n) is 9.96. The molecule has 3 heteroatoms. The van der Waals surface area contributed by atoms with Crippen LogP contribution in [0.4, 0.5) is 17.1 Å². The number of rotatable bonds is 4. The van der Waals surface area contributed by atoms with Crippen LogP contribution in [-0.2, 0) is 5.41 Å².